The normalized spacial score (nSPS) is 22.8. The minimum atomic E-state index is -0.751. The summed E-state index contributed by atoms with van der Waals surface area (Å²) in [6.07, 6.45) is 1.63. The second-order valence-corrected chi connectivity index (χ2v) is 6.31. The first kappa shape index (κ1) is 16.4. The van der Waals surface area contributed by atoms with Crippen LogP contribution < -0.4 is 11.1 Å². The Bertz CT molecular complexity index is 303. The molecule has 5 heteroatoms. The van der Waals surface area contributed by atoms with Crippen LogP contribution in [0.5, 0.6) is 0 Å². The number of ether oxygens (including phenoxy) is 1. The van der Waals surface area contributed by atoms with Crippen molar-refractivity contribution >= 4 is 5.91 Å². The maximum atomic E-state index is 11.9. The molecule has 1 aliphatic heterocycles. The third-order valence-corrected chi connectivity index (χ3v) is 3.51. The first-order valence-corrected chi connectivity index (χ1v) is 7.20. The van der Waals surface area contributed by atoms with Crippen molar-refractivity contribution in [3.05, 3.63) is 0 Å². The van der Waals surface area contributed by atoms with Crippen LogP contribution in [0.2, 0.25) is 0 Å². The Balaban J connectivity index is 2.28. The highest BCUT2D eigenvalue weighted by Gasteiger charge is 2.28. The average Bonchev–Trinajstić information content (AvgIpc) is 2.27. The smallest absolute Gasteiger partial charge is 0.239 e. The fraction of sp³-hybridized carbons (Fsp3) is 0.929. The molecular weight excluding hydrogens is 242 g/mol. The van der Waals surface area contributed by atoms with E-state index in [9.17, 15) is 4.79 Å². The monoisotopic (exact) mass is 271 g/mol. The Morgan fingerprint density at radius 2 is 2.21 bits per heavy atom. The minimum absolute atomic E-state index is 0.0538. The van der Waals surface area contributed by atoms with E-state index in [2.05, 4.69) is 24.1 Å². The first-order valence-electron chi connectivity index (χ1n) is 7.20. The van der Waals surface area contributed by atoms with Crippen molar-refractivity contribution in [3.63, 3.8) is 0 Å². The molecule has 1 aliphatic rings. The van der Waals surface area contributed by atoms with Gasteiger partial charge in [-0.2, -0.15) is 0 Å². The summed E-state index contributed by atoms with van der Waals surface area (Å²) in [7, 11) is 0. The van der Waals surface area contributed by atoms with Gasteiger partial charge in [0.05, 0.1) is 17.7 Å². The van der Waals surface area contributed by atoms with Crippen LogP contribution in [0.25, 0.3) is 0 Å². The van der Waals surface area contributed by atoms with Crippen LogP contribution in [0.3, 0.4) is 0 Å². The Labute approximate surface area is 116 Å². The lowest BCUT2D eigenvalue weighted by molar-refractivity contribution is -0.126. The molecule has 1 saturated heterocycles. The lowest BCUT2D eigenvalue weighted by Gasteiger charge is -2.38. The second kappa shape index (κ2) is 6.68. The van der Waals surface area contributed by atoms with Crippen LogP contribution in [0.4, 0.5) is 0 Å². The molecule has 112 valence electrons. The van der Waals surface area contributed by atoms with Gasteiger partial charge in [-0.05, 0) is 27.2 Å². The van der Waals surface area contributed by atoms with E-state index >= 15 is 0 Å². The zero-order valence-corrected chi connectivity index (χ0v) is 12.8. The predicted octanol–water partition coefficient (Wildman–Crippen LogP) is 0.731. The highest BCUT2D eigenvalue weighted by Crippen LogP contribution is 2.15. The fourth-order valence-electron chi connectivity index (χ4n) is 2.47. The number of nitrogens with one attached hydrogen (secondary N) is 1. The number of morpholine rings is 1. The van der Waals surface area contributed by atoms with Crippen LogP contribution in [-0.4, -0.2) is 54.7 Å². The molecule has 3 N–H and O–H groups in total. The topological polar surface area (TPSA) is 67.6 Å². The van der Waals surface area contributed by atoms with E-state index in [4.69, 9.17) is 10.5 Å². The summed E-state index contributed by atoms with van der Waals surface area (Å²) in [6.45, 7) is 12.1. The lowest BCUT2D eigenvalue weighted by Crippen LogP contribution is -2.54. The zero-order chi connectivity index (χ0) is 14.5. The number of carbonyl (C=O) groups excluding carboxylic acids is 1. The van der Waals surface area contributed by atoms with E-state index in [-0.39, 0.29) is 11.5 Å². The average molecular weight is 271 g/mol. The van der Waals surface area contributed by atoms with Gasteiger partial charge in [0.25, 0.3) is 0 Å². The third kappa shape index (κ3) is 5.47. The second-order valence-electron chi connectivity index (χ2n) is 6.31. The quantitative estimate of drug-likeness (QED) is 0.747. The van der Waals surface area contributed by atoms with Crippen molar-refractivity contribution in [2.24, 2.45) is 5.73 Å². The Morgan fingerprint density at radius 3 is 2.79 bits per heavy atom. The van der Waals surface area contributed by atoms with Crippen LogP contribution in [0, 0.1) is 0 Å². The van der Waals surface area contributed by atoms with Gasteiger partial charge in [-0.3, -0.25) is 9.69 Å². The highest BCUT2D eigenvalue weighted by atomic mass is 16.5. The summed E-state index contributed by atoms with van der Waals surface area (Å²) in [4.78, 5) is 14.3. The standard InChI is InChI=1S/C14H29N3O2/c1-5-6-14(4,15)12(18)16-7-8-17-9-10-19-13(2,3)11-17/h5-11,15H2,1-4H3,(H,16,18). The van der Waals surface area contributed by atoms with Gasteiger partial charge in [0.2, 0.25) is 5.91 Å². The molecular formula is C14H29N3O2. The zero-order valence-electron chi connectivity index (χ0n) is 12.8. The van der Waals surface area contributed by atoms with Crippen molar-refractivity contribution in [1.82, 2.24) is 10.2 Å². The van der Waals surface area contributed by atoms with Crippen molar-refractivity contribution in [2.75, 3.05) is 32.8 Å². The molecule has 0 aromatic carbocycles. The Hall–Kier alpha value is -0.650. The molecule has 1 amide bonds. The number of nitrogens with two attached hydrogens (primary N) is 1. The summed E-state index contributed by atoms with van der Waals surface area (Å²) >= 11 is 0. The van der Waals surface area contributed by atoms with Gasteiger partial charge < -0.3 is 15.8 Å². The summed E-state index contributed by atoms with van der Waals surface area (Å²) < 4.78 is 5.66. The largest absolute Gasteiger partial charge is 0.373 e. The molecule has 1 fully saturated rings. The van der Waals surface area contributed by atoms with E-state index in [1.165, 1.54) is 0 Å². The van der Waals surface area contributed by atoms with Crippen molar-refractivity contribution in [2.45, 2.75) is 51.7 Å². The molecule has 5 nitrogen and oxygen atoms in total. The molecule has 0 saturated carbocycles. The number of rotatable bonds is 6. The molecule has 1 unspecified atom stereocenters. The van der Waals surface area contributed by atoms with Crippen molar-refractivity contribution in [3.8, 4) is 0 Å². The molecule has 0 aliphatic carbocycles. The molecule has 1 rings (SSSR count). The maximum Gasteiger partial charge on any atom is 0.239 e. The van der Waals surface area contributed by atoms with Gasteiger partial charge in [-0.1, -0.05) is 13.3 Å². The Kier molecular flexibility index (Phi) is 5.77. The number of amides is 1. The van der Waals surface area contributed by atoms with E-state index in [0.717, 1.165) is 32.7 Å². The minimum Gasteiger partial charge on any atom is -0.373 e. The van der Waals surface area contributed by atoms with E-state index in [1.54, 1.807) is 6.92 Å². The van der Waals surface area contributed by atoms with Crippen LogP contribution in [0.1, 0.15) is 40.5 Å². The van der Waals surface area contributed by atoms with E-state index < -0.39 is 5.54 Å². The SMILES string of the molecule is CCCC(C)(N)C(=O)NCCN1CCOC(C)(C)C1. The van der Waals surface area contributed by atoms with E-state index in [0.29, 0.717) is 13.0 Å². The summed E-state index contributed by atoms with van der Waals surface area (Å²) in [5.41, 5.74) is 5.15. The van der Waals surface area contributed by atoms with Crippen molar-refractivity contribution in [1.29, 1.82) is 0 Å². The summed E-state index contributed by atoms with van der Waals surface area (Å²) in [5, 5.41) is 2.94. The molecule has 0 bridgehead atoms. The fourth-order valence-corrected chi connectivity index (χ4v) is 2.47. The van der Waals surface area contributed by atoms with E-state index in [1.807, 2.05) is 6.92 Å². The van der Waals surface area contributed by atoms with Crippen LogP contribution in [-0.2, 0) is 9.53 Å². The summed E-state index contributed by atoms with van der Waals surface area (Å²) in [6, 6.07) is 0. The van der Waals surface area contributed by atoms with Crippen LogP contribution in [0.15, 0.2) is 0 Å². The summed E-state index contributed by atoms with van der Waals surface area (Å²) in [5.74, 6) is -0.0538. The third-order valence-electron chi connectivity index (χ3n) is 3.51. The molecule has 0 radical (unpaired) electrons. The number of hydrogen-bond acceptors (Lipinski definition) is 4. The molecule has 0 spiro atoms. The van der Waals surface area contributed by atoms with Gasteiger partial charge in [0, 0.05) is 26.2 Å². The number of hydrogen-bond donors (Lipinski definition) is 2. The lowest BCUT2D eigenvalue weighted by atomic mass is 9.96. The molecule has 19 heavy (non-hydrogen) atoms. The van der Waals surface area contributed by atoms with Gasteiger partial charge in [-0.15, -0.1) is 0 Å². The Morgan fingerprint density at radius 1 is 1.53 bits per heavy atom. The number of nitrogens with zero attached hydrogens (tertiary/aromatic N) is 1. The van der Waals surface area contributed by atoms with Crippen LogP contribution >= 0.6 is 0 Å². The first-order chi connectivity index (χ1) is 8.77. The van der Waals surface area contributed by atoms with Crippen molar-refractivity contribution < 1.29 is 9.53 Å². The molecule has 0 aromatic heterocycles. The molecule has 1 atom stereocenters. The maximum absolute atomic E-state index is 11.9. The number of carbonyl (C=O) groups is 1. The van der Waals surface area contributed by atoms with Gasteiger partial charge in [-0.25, -0.2) is 0 Å². The predicted molar refractivity (Wildman–Crippen MR) is 77.0 cm³/mol. The molecule has 1 heterocycles. The highest BCUT2D eigenvalue weighted by molar-refractivity contribution is 5.85. The van der Waals surface area contributed by atoms with Gasteiger partial charge >= 0.3 is 0 Å². The molecule has 0 aromatic rings. The van der Waals surface area contributed by atoms with Gasteiger partial charge in [0.1, 0.15) is 0 Å². The van der Waals surface area contributed by atoms with Gasteiger partial charge in [0.15, 0.2) is 0 Å².